The maximum Gasteiger partial charge on any atom is 0.171 e. The lowest BCUT2D eigenvalue weighted by Crippen LogP contribution is -2.15. The van der Waals surface area contributed by atoms with Gasteiger partial charge in [-0.2, -0.15) is 5.10 Å². The molecular formula is C16H22FN3O. The Kier molecular flexibility index (Phi) is 4.96. The zero-order chi connectivity index (χ0) is 15.4. The minimum atomic E-state index is -0.254. The maximum absolute atomic E-state index is 14.0. The van der Waals surface area contributed by atoms with Gasteiger partial charge in [-0.25, -0.2) is 4.39 Å². The smallest absolute Gasteiger partial charge is 0.171 e. The van der Waals surface area contributed by atoms with Crippen molar-refractivity contribution in [1.82, 2.24) is 15.1 Å². The monoisotopic (exact) mass is 291 g/mol. The Morgan fingerprint density at radius 2 is 2.10 bits per heavy atom. The van der Waals surface area contributed by atoms with E-state index in [0.29, 0.717) is 23.6 Å². The summed E-state index contributed by atoms with van der Waals surface area (Å²) in [6, 6.07) is 4.91. The second-order valence-corrected chi connectivity index (χ2v) is 5.12. The Hall–Kier alpha value is -1.88. The van der Waals surface area contributed by atoms with Crippen LogP contribution in [0.3, 0.4) is 0 Å². The molecule has 0 unspecified atom stereocenters. The number of hydrogen-bond acceptors (Lipinski definition) is 3. The first-order valence-corrected chi connectivity index (χ1v) is 7.20. The van der Waals surface area contributed by atoms with Gasteiger partial charge < -0.3 is 10.1 Å². The molecular weight excluding hydrogens is 269 g/mol. The highest BCUT2D eigenvalue weighted by molar-refractivity contribution is 5.41. The fourth-order valence-corrected chi connectivity index (χ4v) is 2.21. The molecule has 1 aromatic carbocycles. The van der Waals surface area contributed by atoms with Crippen molar-refractivity contribution in [3.05, 3.63) is 41.0 Å². The molecule has 0 fully saturated rings. The van der Waals surface area contributed by atoms with Crippen LogP contribution in [0.15, 0.2) is 18.2 Å². The quantitative estimate of drug-likeness (QED) is 0.828. The fraction of sp³-hybridized carbons (Fsp3) is 0.438. The van der Waals surface area contributed by atoms with Crippen LogP contribution >= 0.6 is 0 Å². The third kappa shape index (κ3) is 3.42. The van der Waals surface area contributed by atoms with Crippen molar-refractivity contribution in [3.8, 4) is 11.5 Å². The number of rotatable bonds is 6. The van der Waals surface area contributed by atoms with Crippen molar-refractivity contribution in [3.63, 3.8) is 0 Å². The average Bonchev–Trinajstić information content (AvgIpc) is 2.68. The van der Waals surface area contributed by atoms with Crippen molar-refractivity contribution >= 4 is 0 Å². The van der Waals surface area contributed by atoms with Crippen LogP contribution in [-0.4, -0.2) is 16.3 Å². The van der Waals surface area contributed by atoms with Gasteiger partial charge in [0.25, 0.3) is 0 Å². The van der Waals surface area contributed by atoms with E-state index < -0.39 is 0 Å². The first-order chi connectivity index (χ1) is 10.0. The van der Waals surface area contributed by atoms with Gasteiger partial charge in [-0.1, -0.05) is 13.0 Å². The summed E-state index contributed by atoms with van der Waals surface area (Å²) in [5.74, 6) is 0.980. The van der Waals surface area contributed by atoms with E-state index in [0.717, 1.165) is 24.4 Å². The third-order valence-electron chi connectivity index (χ3n) is 3.46. The minimum Gasteiger partial charge on any atom is -0.453 e. The molecule has 0 bridgehead atoms. The molecule has 1 aromatic heterocycles. The molecule has 0 saturated carbocycles. The lowest BCUT2D eigenvalue weighted by Gasteiger charge is -2.13. The number of ether oxygens (including phenoxy) is 1. The molecule has 0 spiro atoms. The molecule has 1 heterocycles. The Balaban J connectivity index is 2.29. The van der Waals surface area contributed by atoms with Gasteiger partial charge in [-0.15, -0.1) is 0 Å². The van der Waals surface area contributed by atoms with Crippen molar-refractivity contribution in [1.29, 1.82) is 0 Å². The third-order valence-corrected chi connectivity index (χ3v) is 3.46. The van der Waals surface area contributed by atoms with Gasteiger partial charge in [-0.3, -0.25) is 4.68 Å². The van der Waals surface area contributed by atoms with Gasteiger partial charge in [0.15, 0.2) is 5.75 Å². The minimum absolute atomic E-state index is 0.254. The molecule has 5 heteroatoms. The molecule has 0 amide bonds. The first-order valence-electron chi connectivity index (χ1n) is 7.20. The van der Waals surface area contributed by atoms with Crippen LogP contribution in [0.25, 0.3) is 0 Å². The van der Waals surface area contributed by atoms with Crippen LogP contribution in [0.2, 0.25) is 0 Å². The molecule has 0 atom stereocenters. The van der Waals surface area contributed by atoms with E-state index in [2.05, 4.69) is 17.3 Å². The molecule has 2 aromatic rings. The predicted molar refractivity (Wildman–Crippen MR) is 81.2 cm³/mol. The number of benzene rings is 1. The second-order valence-electron chi connectivity index (χ2n) is 5.12. The highest BCUT2D eigenvalue weighted by atomic mass is 19.1. The van der Waals surface area contributed by atoms with Crippen molar-refractivity contribution < 1.29 is 9.13 Å². The van der Waals surface area contributed by atoms with E-state index in [4.69, 9.17) is 4.74 Å². The number of aryl methyl sites for hydroxylation is 2. The largest absolute Gasteiger partial charge is 0.453 e. The van der Waals surface area contributed by atoms with Gasteiger partial charge in [0.1, 0.15) is 17.3 Å². The first kappa shape index (κ1) is 15.5. The zero-order valence-corrected chi connectivity index (χ0v) is 13.0. The number of nitrogens with one attached hydrogen (secondary N) is 1. The Morgan fingerprint density at radius 3 is 2.71 bits per heavy atom. The zero-order valence-electron chi connectivity index (χ0n) is 13.0. The highest BCUT2D eigenvalue weighted by Gasteiger charge is 2.15. The van der Waals surface area contributed by atoms with Crippen LogP contribution < -0.4 is 10.1 Å². The molecule has 114 valence electrons. The number of halogens is 1. The topological polar surface area (TPSA) is 39.1 Å². The van der Waals surface area contributed by atoms with Crippen LogP contribution in [0.1, 0.15) is 30.3 Å². The van der Waals surface area contributed by atoms with E-state index >= 15 is 0 Å². The van der Waals surface area contributed by atoms with Crippen molar-refractivity contribution in [2.24, 2.45) is 7.05 Å². The van der Waals surface area contributed by atoms with Gasteiger partial charge in [-0.05, 0) is 38.9 Å². The lowest BCUT2D eigenvalue weighted by molar-refractivity contribution is 0.455. The maximum atomic E-state index is 14.0. The summed E-state index contributed by atoms with van der Waals surface area (Å²) in [6.45, 7) is 7.20. The molecule has 0 saturated heterocycles. The van der Waals surface area contributed by atoms with E-state index in [-0.39, 0.29) is 5.82 Å². The Morgan fingerprint density at radius 1 is 1.33 bits per heavy atom. The molecule has 0 aliphatic carbocycles. The second kappa shape index (κ2) is 6.72. The summed E-state index contributed by atoms with van der Waals surface area (Å²) in [4.78, 5) is 0. The van der Waals surface area contributed by atoms with Gasteiger partial charge in [0.2, 0.25) is 0 Å². The normalized spacial score (nSPS) is 10.9. The van der Waals surface area contributed by atoms with Crippen molar-refractivity contribution in [2.75, 3.05) is 6.54 Å². The summed E-state index contributed by atoms with van der Waals surface area (Å²) in [5, 5.41) is 7.53. The Bertz CT molecular complexity index is 622. The molecule has 4 nitrogen and oxygen atoms in total. The number of hydrogen-bond donors (Lipinski definition) is 1. The summed E-state index contributed by atoms with van der Waals surface area (Å²) < 4.78 is 21.7. The molecule has 2 rings (SSSR count). The standard InChI is InChI=1S/C16H22FN3O/c1-5-9-18-10-13-14(17)7-6-8-15(13)21-16-11(2)19-20(4)12(16)3/h6-8,18H,5,9-10H2,1-4H3. The van der Waals surface area contributed by atoms with Crippen LogP contribution in [0.4, 0.5) is 4.39 Å². The summed E-state index contributed by atoms with van der Waals surface area (Å²) in [5.41, 5.74) is 2.27. The average molecular weight is 291 g/mol. The fourth-order valence-electron chi connectivity index (χ4n) is 2.21. The number of nitrogens with zero attached hydrogens (tertiary/aromatic N) is 2. The SMILES string of the molecule is CCCNCc1c(F)cccc1Oc1c(C)nn(C)c1C. The van der Waals surface area contributed by atoms with E-state index in [1.165, 1.54) is 6.07 Å². The summed E-state index contributed by atoms with van der Waals surface area (Å²) in [6.07, 6.45) is 1.01. The van der Waals surface area contributed by atoms with Crippen LogP contribution in [-0.2, 0) is 13.6 Å². The lowest BCUT2D eigenvalue weighted by atomic mass is 10.2. The highest BCUT2D eigenvalue weighted by Crippen LogP contribution is 2.31. The van der Waals surface area contributed by atoms with E-state index in [1.807, 2.05) is 20.9 Å². The van der Waals surface area contributed by atoms with Gasteiger partial charge in [0.05, 0.1) is 5.69 Å². The number of aromatic nitrogens is 2. The summed E-state index contributed by atoms with van der Waals surface area (Å²) in [7, 11) is 1.87. The molecule has 0 radical (unpaired) electrons. The predicted octanol–water partition coefficient (Wildman–Crippen LogP) is 3.47. The van der Waals surface area contributed by atoms with E-state index in [9.17, 15) is 4.39 Å². The van der Waals surface area contributed by atoms with Gasteiger partial charge in [0, 0.05) is 19.2 Å². The molecule has 0 aliphatic rings. The van der Waals surface area contributed by atoms with Crippen molar-refractivity contribution in [2.45, 2.75) is 33.7 Å². The molecule has 21 heavy (non-hydrogen) atoms. The molecule has 1 N–H and O–H groups in total. The summed E-state index contributed by atoms with van der Waals surface area (Å²) >= 11 is 0. The van der Waals surface area contributed by atoms with Gasteiger partial charge >= 0.3 is 0 Å². The van der Waals surface area contributed by atoms with Crippen LogP contribution in [0, 0.1) is 19.7 Å². The van der Waals surface area contributed by atoms with E-state index in [1.54, 1.807) is 16.8 Å². The van der Waals surface area contributed by atoms with Crippen LogP contribution in [0.5, 0.6) is 11.5 Å². The molecule has 0 aliphatic heterocycles. The Labute approximate surface area is 124 Å².